The van der Waals surface area contributed by atoms with E-state index in [1.165, 1.54) is 18.5 Å². The summed E-state index contributed by atoms with van der Waals surface area (Å²) in [5.74, 6) is -0.215. The third-order valence-corrected chi connectivity index (χ3v) is 3.00. The monoisotopic (exact) mass is 236 g/mol. The molecule has 0 bridgehead atoms. The van der Waals surface area contributed by atoms with Gasteiger partial charge < -0.3 is 15.2 Å². The van der Waals surface area contributed by atoms with E-state index in [1.807, 2.05) is 6.92 Å². The van der Waals surface area contributed by atoms with Crippen LogP contribution in [0.3, 0.4) is 0 Å². The Morgan fingerprint density at radius 3 is 2.82 bits per heavy atom. The molecular formula is C12H16N2O3. The first-order valence-corrected chi connectivity index (χ1v) is 5.63. The lowest BCUT2D eigenvalue weighted by atomic mass is 9.92. The van der Waals surface area contributed by atoms with E-state index in [9.17, 15) is 9.90 Å². The third-order valence-electron chi connectivity index (χ3n) is 3.00. The molecule has 5 nitrogen and oxygen atoms in total. The molecule has 0 unspecified atom stereocenters. The summed E-state index contributed by atoms with van der Waals surface area (Å²) in [6.45, 7) is 3.33. The molecule has 0 aromatic carbocycles. The van der Waals surface area contributed by atoms with E-state index in [0.29, 0.717) is 18.8 Å². The average Bonchev–Trinajstić information content (AvgIpc) is 2.29. The second-order valence-electron chi connectivity index (χ2n) is 4.56. The molecule has 1 aliphatic heterocycles. The summed E-state index contributed by atoms with van der Waals surface area (Å²) in [7, 11) is 0. The van der Waals surface area contributed by atoms with Gasteiger partial charge in [0.1, 0.15) is 5.75 Å². The van der Waals surface area contributed by atoms with Crippen LogP contribution in [0, 0.1) is 0 Å². The molecule has 0 saturated carbocycles. The van der Waals surface area contributed by atoms with Crippen LogP contribution in [0.4, 0.5) is 0 Å². The Labute approximate surface area is 99.8 Å². The first-order valence-electron chi connectivity index (χ1n) is 5.63. The molecule has 17 heavy (non-hydrogen) atoms. The maximum absolute atomic E-state index is 12.0. The predicted molar refractivity (Wildman–Crippen MR) is 61.8 cm³/mol. The van der Waals surface area contributed by atoms with Crippen LogP contribution >= 0.6 is 0 Å². The van der Waals surface area contributed by atoms with Crippen molar-refractivity contribution in [1.29, 1.82) is 0 Å². The van der Waals surface area contributed by atoms with E-state index in [4.69, 9.17) is 4.74 Å². The summed E-state index contributed by atoms with van der Waals surface area (Å²) >= 11 is 0. The van der Waals surface area contributed by atoms with Crippen LogP contribution in [-0.2, 0) is 4.74 Å². The Bertz CT molecular complexity index is 414. The molecule has 0 atom stereocenters. The summed E-state index contributed by atoms with van der Waals surface area (Å²) in [4.78, 5) is 15.8. The number of hydrogen-bond donors (Lipinski definition) is 2. The van der Waals surface area contributed by atoms with Gasteiger partial charge in [-0.25, -0.2) is 0 Å². The highest BCUT2D eigenvalue weighted by Gasteiger charge is 2.29. The van der Waals surface area contributed by atoms with Gasteiger partial charge in [-0.05, 0) is 25.8 Å². The topological polar surface area (TPSA) is 71.5 Å². The number of pyridine rings is 1. The highest BCUT2D eigenvalue weighted by molar-refractivity contribution is 5.94. The Balaban J connectivity index is 2.06. The van der Waals surface area contributed by atoms with Gasteiger partial charge in [-0.2, -0.15) is 0 Å². The number of nitrogens with zero attached hydrogens (tertiary/aromatic N) is 1. The normalized spacial score (nSPS) is 18.6. The van der Waals surface area contributed by atoms with Crippen molar-refractivity contribution in [1.82, 2.24) is 10.3 Å². The van der Waals surface area contributed by atoms with Crippen molar-refractivity contribution in [3.05, 3.63) is 24.0 Å². The zero-order valence-corrected chi connectivity index (χ0v) is 9.77. The molecule has 1 aromatic rings. The molecule has 2 heterocycles. The molecule has 2 rings (SSSR count). The SMILES string of the molecule is CC1(NC(=O)c2cncc(O)c2)CCOCC1. The van der Waals surface area contributed by atoms with Crippen molar-refractivity contribution in [2.24, 2.45) is 0 Å². The number of aromatic nitrogens is 1. The molecular weight excluding hydrogens is 220 g/mol. The molecule has 0 aliphatic carbocycles. The second-order valence-corrected chi connectivity index (χ2v) is 4.56. The number of rotatable bonds is 2. The summed E-state index contributed by atoms with van der Waals surface area (Å²) in [6, 6.07) is 1.41. The van der Waals surface area contributed by atoms with Crippen molar-refractivity contribution in [2.45, 2.75) is 25.3 Å². The van der Waals surface area contributed by atoms with Gasteiger partial charge in [0.25, 0.3) is 5.91 Å². The fourth-order valence-corrected chi connectivity index (χ4v) is 1.85. The largest absolute Gasteiger partial charge is 0.506 e. The van der Waals surface area contributed by atoms with E-state index >= 15 is 0 Å². The zero-order valence-electron chi connectivity index (χ0n) is 9.77. The highest BCUT2D eigenvalue weighted by atomic mass is 16.5. The van der Waals surface area contributed by atoms with Crippen molar-refractivity contribution < 1.29 is 14.6 Å². The number of aromatic hydroxyl groups is 1. The van der Waals surface area contributed by atoms with Crippen LogP contribution in [0.1, 0.15) is 30.1 Å². The van der Waals surface area contributed by atoms with Gasteiger partial charge in [0, 0.05) is 24.9 Å². The van der Waals surface area contributed by atoms with Crippen LogP contribution in [0.2, 0.25) is 0 Å². The third kappa shape index (κ3) is 2.94. The van der Waals surface area contributed by atoms with Crippen LogP contribution in [0.15, 0.2) is 18.5 Å². The van der Waals surface area contributed by atoms with Crippen molar-refractivity contribution in [3.8, 4) is 5.75 Å². The molecule has 0 spiro atoms. The number of carbonyl (C=O) groups is 1. The number of hydrogen-bond acceptors (Lipinski definition) is 4. The Hall–Kier alpha value is -1.62. The minimum absolute atomic E-state index is 0.00483. The fraction of sp³-hybridized carbons (Fsp3) is 0.500. The van der Waals surface area contributed by atoms with Gasteiger partial charge in [0.05, 0.1) is 11.8 Å². The molecule has 1 fully saturated rings. The zero-order chi connectivity index (χ0) is 12.3. The number of carbonyl (C=O) groups excluding carboxylic acids is 1. The van der Waals surface area contributed by atoms with E-state index in [2.05, 4.69) is 10.3 Å². The summed E-state index contributed by atoms with van der Waals surface area (Å²) < 4.78 is 5.27. The summed E-state index contributed by atoms with van der Waals surface area (Å²) in [6.07, 6.45) is 4.33. The lowest BCUT2D eigenvalue weighted by Crippen LogP contribution is -2.49. The lowest BCUT2D eigenvalue weighted by Gasteiger charge is -2.34. The lowest BCUT2D eigenvalue weighted by molar-refractivity contribution is 0.0422. The molecule has 1 aliphatic rings. The molecule has 92 valence electrons. The van der Waals surface area contributed by atoms with Gasteiger partial charge in [-0.3, -0.25) is 9.78 Å². The van der Waals surface area contributed by atoms with E-state index < -0.39 is 0 Å². The molecule has 1 saturated heterocycles. The van der Waals surface area contributed by atoms with Gasteiger partial charge in [-0.15, -0.1) is 0 Å². The number of amides is 1. The highest BCUT2D eigenvalue weighted by Crippen LogP contribution is 2.20. The number of ether oxygens (including phenoxy) is 1. The van der Waals surface area contributed by atoms with E-state index in [0.717, 1.165) is 12.8 Å². The van der Waals surface area contributed by atoms with Crippen molar-refractivity contribution in [2.75, 3.05) is 13.2 Å². The molecule has 2 N–H and O–H groups in total. The second kappa shape index (κ2) is 4.71. The van der Waals surface area contributed by atoms with E-state index in [-0.39, 0.29) is 17.2 Å². The maximum Gasteiger partial charge on any atom is 0.253 e. The van der Waals surface area contributed by atoms with Crippen LogP contribution in [0.5, 0.6) is 5.75 Å². The number of nitrogens with one attached hydrogen (secondary N) is 1. The summed E-state index contributed by atoms with van der Waals surface area (Å²) in [5, 5.41) is 12.2. The quantitative estimate of drug-likeness (QED) is 0.806. The van der Waals surface area contributed by atoms with Crippen LogP contribution in [-0.4, -0.2) is 34.8 Å². The van der Waals surface area contributed by atoms with Crippen molar-refractivity contribution in [3.63, 3.8) is 0 Å². The standard InChI is InChI=1S/C12H16N2O3/c1-12(2-4-17-5-3-12)14-11(16)9-6-10(15)8-13-7-9/h6-8,15H,2-5H2,1H3,(H,14,16). The van der Waals surface area contributed by atoms with Crippen LogP contribution < -0.4 is 5.32 Å². The Morgan fingerprint density at radius 1 is 1.47 bits per heavy atom. The minimum atomic E-state index is -0.235. The van der Waals surface area contributed by atoms with Gasteiger partial charge in [0.2, 0.25) is 0 Å². The van der Waals surface area contributed by atoms with Gasteiger partial charge >= 0.3 is 0 Å². The fourth-order valence-electron chi connectivity index (χ4n) is 1.85. The molecule has 5 heteroatoms. The van der Waals surface area contributed by atoms with Crippen molar-refractivity contribution >= 4 is 5.91 Å². The first kappa shape index (κ1) is 11.9. The smallest absolute Gasteiger partial charge is 0.253 e. The average molecular weight is 236 g/mol. The van der Waals surface area contributed by atoms with Crippen LogP contribution in [0.25, 0.3) is 0 Å². The molecule has 1 amide bonds. The Kier molecular flexibility index (Phi) is 3.28. The maximum atomic E-state index is 12.0. The Morgan fingerprint density at radius 2 is 2.18 bits per heavy atom. The molecule has 1 aromatic heterocycles. The summed E-state index contributed by atoms with van der Waals surface area (Å²) in [5.41, 5.74) is 0.138. The molecule has 0 radical (unpaired) electrons. The predicted octanol–water partition coefficient (Wildman–Crippen LogP) is 1.09. The van der Waals surface area contributed by atoms with E-state index in [1.54, 1.807) is 0 Å². The van der Waals surface area contributed by atoms with Gasteiger partial charge in [-0.1, -0.05) is 0 Å². The minimum Gasteiger partial charge on any atom is -0.506 e. The van der Waals surface area contributed by atoms with Gasteiger partial charge in [0.15, 0.2) is 0 Å². The first-order chi connectivity index (χ1) is 8.09.